The van der Waals surface area contributed by atoms with Crippen LogP contribution in [-0.2, 0) is 25.6 Å². The van der Waals surface area contributed by atoms with Gasteiger partial charge in [-0.05, 0) is 37.6 Å². The fourth-order valence-corrected chi connectivity index (χ4v) is 4.18. The molecule has 1 aliphatic heterocycles. The summed E-state index contributed by atoms with van der Waals surface area (Å²) in [5, 5.41) is 24.4. The highest BCUT2D eigenvalue weighted by atomic mass is 16.6. The Hall–Kier alpha value is -4.63. The van der Waals surface area contributed by atoms with Gasteiger partial charge in [0.1, 0.15) is 18.2 Å². The highest BCUT2D eigenvalue weighted by Gasteiger charge is 2.35. The van der Waals surface area contributed by atoms with Crippen molar-refractivity contribution in [2.75, 3.05) is 17.7 Å². The first-order valence-corrected chi connectivity index (χ1v) is 14.5. The summed E-state index contributed by atoms with van der Waals surface area (Å²) in [7, 11) is 0. The molecule has 0 bridgehead atoms. The predicted molar refractivity (Wildman–Crippen MR) is 163 cm³/mol. The zero-order valence-corrected chi connectivity index (χ0v) is 25.5. The highest BCUT2D eigenvalue weighted by molar-refractivity contribution is 5.97. The molecule has 3 heterocycles. The Morgan fingerprint density at radius 1 is 1.16 bits per heavy atom. The van der Waals surface area contributed by atoms with Gasteiger partial charge in [-0.25, -0.2) is 14.8 Å². The third-order valence-corrected chi connectivity index (χ3v) is 6.20. The standard InChI is InChI=1S/C25H29N7O8.2C2H6/c1-12-8-17(18(11-33)39-12)40-19(34)7-6-16(24(37)38)30-22(35)13-2-4-14(5-3-13)27-9-15-10-28-21-20(29-15)23(36)32-25(26)31-21;2*1-2/h2-5,10,12,16-18,27,33H,6-9,11H2,1H3,(H,30,35)(H,37,38)(H3,26,28,31,32,36);2*1-2H3. The van der Waals surface area contributed by atoms with Crippen molar-refractivity contribution in [1.29, 1.82) is 0 Å². The van der Waals surface area contributed by atoms with Crippen LogP contribution in [0.15, 0.2) is 35.3 Å². The second-order valence-corrected chi connectivity index (χ2v) is 9.25. The van der Waals surface area contributed by atoms with Gasteiger partial charge < -0.3 is 36.1 Å². The van der Waals surface area contributed by atoms with Gasteiger partial charge in [0, 0.05) is 24.1 Å². The molecule has 0 spiro atoms. The highest BCUT2D eigenvalue weighted by Crippen LogP contribution is 2.23. The number of carbonyl (C=O) groups is 3. The van der Waals surface area contributed by atoms with Crippen LogP contribution < -0.4 is 21.9 Å². The Morgan fingerprint density at radius 2 is 1.84 bits per heavy atom. The summed E-state index contributed by atoms with van der Waals surface area (Å²) in [6.45, 7) is 9.73. The zero-order chi connectivity index (χ0) is 32.8. The third-order valence-electron chi connectivity index (χ3n) is 6.20. The lowest BCUT2D eigenvalue weighted by molar-refractivity contribution is -0.153. The number of nitrogen functional groups attached to an aromatic ring is 1. The quantitative estimate of drug-likeness (QED) is 0.170. The summed E-state index contributed by atoms with van der Waals surface area (Å²) in [6.07, 6.45) is 0.0820. The van der Waals surface area contributed by atoms with E-state index in [0.717, 1.165) is 0 Å². The fraction of sp³-hybridized carbons (Fsp3) is 0.483. The van der Waals surface area contributed by atoms with Crippen molar-refractivity contribution >= 4 is 40.6 Å². The van der Waals surface area contributed by atoms with E-state index in [-0.39, 0.29) is 54.8 Å². The second-order valence-electron chi connectivity index (χ2n) is 9.25. The van der Waals surface area contributed by atoms with E-state index in [1.54, 1.807) is 19.1 Å². The van der Waals surface area contributed by atoms with Crippen molar-refractivity contribution in [3.63, 3.8) is 0 Å². The van der Waals surface area contributed by atoms with Crippen LogP contribution in [0.3, 0.4) is 0 Å². The lowest BCUT2D eigenvalue weighted by Gasteiger charge is -2.18. The van der Waals surface area contributed by atoms with Crippen LogP contribution in [0.2, 0.25) is 0 Å². The van der Waals surface area contributed by atoms with Gasteiger partial charge in [-0.15, -0.1) is 0 Å². The van der Waals surface area contributed by atoms with E-state index in [1.807, 2.05) is 27.7 Å². The van der Waals surface area contributed by atoms with E-state index in [2.05, 4.69) is 30.6 Å². The van der Waals surface area contributed by atoms with Crippen molar-refractivity contribution in [1.82, 2.24) is 25.3 Å². The number of nitrogens with zero attached hydrogens (tertiary/aromatic N) is 3. The molecule has 1 amide bonds. The van der Waals surface area contributed by atoms with Crippen molar-refractivity contribution in [3.05, 3.63) is 52.1 Å². The largest absolute Gasteiger partial charge is 0.480 e. The number of rotatable bonds is 11. The molecule has 0 radical (unpaired) electrons. The number of hydrogen-bond donors (Lipinski definition) is 6. The average Bonchev–Trinajstić information content (AvgIpc) is 3.38. The van der Waals surface area contributed by atoms with E-state index in [0.29, 0.717) is 17.8 Å². The number of carboxylic acid groups (broad SMARTS) is 1. The number of aliphatic carboxylic acids is 1. The lowest BCUT2D eigenvalue weighted by atomic mass is 10.1. The molecule has 1 fully saturated rings. The van der Waals surface area contributed by atoms with Crippen molar-refractivity contribution in [2.45, 2.75) is 84.8 Å². The van der Waals surface area contributed by atoms with E-state index < -0.39 is 41.7 Å². The molecular formula is C29H41N7O8. The third kappa shape index (κ3) is 9.98. The Bertz CT molecular complexity index is 1450. The molecule has 1 aliphatic rings. The van der Waals surface area contributed by atoms with Gasteiger partial charge in [0.05, 0.1) is 31.1 Å². The van der Waals surface area contributed by atoms with Crippen LogP contribution >= 0.6 is 0 Å². The molecule has 1 saturated heterocycles. The summed E-state index contributed by atoms with van der Waals surface area (Å²) in [6, 6.07) is 4.93. The molecule has 7 N–H and O–H groups in total. The second kappa shape index (κ2) is 17.5. The van der Waals surface area contributed by atoms with Crippen molar-refractivity contribution < 1.29 is 34.1 Å². The van der Waals surface area contributed by atoms with Crippen LogP contribution in [0.25, 0.3) is 11.2 Å². The van der Waals surface area contributed by atoms with Crippen molar-refractivity contribution in [3.8, 4) is 0 Å². The average molecular weight is 616 g/mol. The number of ether oxygens (including phenoxy) is 2. The van der Waals surface area contributed by atoms with Crippen LogP contribution in [0, 0.1) is 0 Å². The number of aliphatic hydroxyl groups excluding tert-OH is 1. The number of esters is 1. The fourth-order valence-electron chi connectivity index (χ4n) is 4.18. The molecule has 240 valence electrons. The summed E-state index contributed by atoms with van der Waals surface area (Å²) < 4.78 is 10.8. The number of carboxylic acids is 1. The molecular weight excluding hydrogens is 574 g/mol. The number of anilines is 2. The predicted octanol–water partition coefficient (Wildman–Crippen LogP) is 2.00. The number of aromatic nitrogens is 4. The monoisotopic (exact) mass is 615 g/mol. The summed E-state index contributed by atoms with van der Waals surface area (Å²) >= 11 is 0. The molecule has 0 aliphatic carbocycles. The lowest BCUT2D eigenvalue weighted by Crippen LogP contribution is -2.41. The SMILES string of the molecule is CC.CC.CC1CC(OC(=O)CCC(NC(=O)c2ccc(NCc3cnc4nc(N)[nH]c(=O)c4n3)cc2)C(=O)O)C(CO)O1. The van der Waals surface area contributed by atoms with Gasteiger partial charge in [-0.3, -0.25) is 19.4 Å². The number of H-pyrrole nitrogens is 1. The van der Waals surface area contributed by atoms with Gasteiger partial charge >= 0.3 is 11.9 Å². The molecule has 4 rings (SSSR count). The number of benzene rings is 1. The molecule has 15 heteroatoms. The molecule has 15 nitrogen and oxygen atoms in total. The van der Waals surface area contributed by atoms with Crippen LogP contribution in [0.5, 0.6) is 0 Å². The van der Waals surface area contributed by atoms with Gasteiger partial charge in [0.2, 0.25) is 5.95 Å². The van der Waals surface area contributed by atoms with Gasteiger partial charge in [0.25, 0.3) is 11.5 Å². The topological polar surface area (TPSA) is 232 Å². The van der Waals surface area contributed by atoms with Crippen LogP contribution in [0.4, 0.5) is 11.6 Å². The molecule has 4 unspecified atom stereocenters. The smallest absolute Gasteiger partial charge is 0.326 e. The molecule has 44 heavy (non-hydrogen) atoms. The van der Waals surface area contributed by atoms with E-state index in [9.17, 15) is 29.4 Å². The van der Waals surface area contributed by atoms with Gasteiger partial charge in [-0.1, -0.05) is 27.7 Å². The van der Waals surface area contributed by atoms with E-state index in [1.165, 1.54) is 18.3 Å². The van der Waals surface area contributed by atoms with Crippen LogP contribution in [0.1, 0.15) is 69.9 Å². The summed E-state index contributed by atoms with van der Waals surface area (Å²) in [5.74, 6) is -2.62. The summed E-state index contributed by atoms with van der Waals surface area (Å²) in [5.41, 5.74) is 6.50. The Kier molecular flexibility index (Phi) is 14.1. The first-order valence-electron chi connectivity index (χ1n) is 14.5. The van der Waals surface area contributed by atoms with Crippen LogP contribution in [-0.4, -0.2) is 79.0 Å². The number of carbonyl (C=O) groups excluding carboxylic acids is 2. The molecule has 2 aromatic heterocycles. The Balaban J connectivity index is 0.00000162. The molecule has 3 aromatic rings. The van der Waals surface area contributed by atoms with Gasteiger partial charge in [0.15, 0.2) is 11.2 Å². The minimum absolute atomic E-state index is 0.0540. The molecule has 0 saturated carbocycles. The molecule has 1 aromatic carbocycles. The Labute approximate surface area is 254 Å². The van der Waals surface area contributed by atoms with Gasteiger partial charge in [-0.2, -0.15) is 4.98 Å². The van der Waals surface area contributed by atoms with Crippen molar-refractivity contribution in [2.24, 2.45) is 0 Å². The first-order chi connectivity index (χ1) is 21.1. The Morgan fingerprint density at radius 3 is 2.48 bits per heavy atom. The number of fused-ring (bicyclic) bond motifs is 1. The normalized spacial score (nSPS) is 17.7. The maximum absolute atomic E-state index is 12.7. The maximum Gasteiger partial charge on any atom is 0.326 e. The number of aliphatic hydroxyl groups is 1. The number of aromatic amines is 1. The summed E-state index contributed by atoms with van der Waals surface area (Å²) in [4.78, 5) is 63.2. The van der Waals surface area contributed by atoms with E-state index in [4.69, 9.17) is 15.2 Å². The minimum Gasteiger partial charge on any atom is -0.480 e. The maximum atomic E-state index is 12.7. The number of nitrogens with two attached hydrogens (primary N) is 1. The number of amides is 1. The number of hydrogen-bond acceptors (Lipinski definition) is 12. The van der Waals surface area contributed by atoms with E-state index >= 15 is 0 Å². The molecule has 4 atom stereocenters. The number of nitrogens with one attached hydrogen (secondary N) is 3. The first kappa shape index (κ1) is 35.6. The minimum atomic E-state index is -1.32. The zero-order valence-electron chi connectivity index (χ0n) is 25.5.